The lowest BCUT2D eigenvalue weighted by molar-refractivity contribution is 0.0695. The van der Waals surface area contributed by atoms with Crippen molar-refractivity contribution in [2.45, 2.75) is 19.8 Å². The Balaban J connectivity index is 2.56. The number of ether oxygens (including phenoxy) is 1. The van der Waals surface area contributed by atoms with Gasteiger partial charge in [-0.15, -0.1) is 0 Å². The van der Waals surface area contributed by atoms with Gasteiger partial charge in [-0.2, -0.15) is 0 Å². The van der Waals surface area contributed by atoms with Crippen molar-refractivity contribution in [2.24, 2.45) is 0 Å². The van der Waals surface area contributed by atoms with Crippen molar-refractivity contribution < 1.29 is 14.6 Å². The number of hydrogen-bond acceptors (Lipinski definition) is 2. The summed E-state index contributed by atoms with van der Waals surface area (Å²) in [4.78, 5) is 10.9. The number of rotatable bonds is 6. The molecule has 1 aromatic rings. The number of carbonyl (C=O) groups is 1. The first-order chi connectivity index (χ1) is 7.25. The van der Waals surface area contributed by atoms with Crippen molar-refractivity contribution in [2.75, 3.05) is 13.2 Å². The third kappa shape index (κ3) is 3.72. The van der Waals surface area contributed by atoms with Gasteiger partial charge in [0.2, 0.25) is 0 Å². The Morgan fingerprint density at radius 2 is 2.07 bits per heavy atom. The fourth-order valence-corrected chi connectivity index (χ4v) is 1.38. The summed E-state index contributed by atoms with van der Waals surface area (Å²) in [6, 6.07) is 7.04. The summed E-state index contributed by atoms with van der Waals surface area (Å²) in [5, 5.41) is 8.93. The van der Waals surface area contributed by atoms with Gasteiger partial charge >= 0.3 is 5.97 Å². The van der Waals surface area contributed by atoms with Crippen LogP contribution in [0.25, 0.3) is 0 Å². The fourth-order valence-electron chi connectivity index (χ4n) is 1.38. The molecule has 0 fully saturated rings. The molecular formula is C12H16O3. The van der Waals surface area contributed by atoms with E-state index in [1.165, 1.54) is 0 Å². The first kappa shape index (κ1) is 11.7. The molecule has 0 aromatic heterocycles. The zero-order valence-electron chi connectivity index (χ0n) is 8.90. The van der Waals surface area contributed by atoms with Crippen LogP contribution in [-0.4, -0.2) is 24.3 Å². The van der Waals surface area contributed by atoms with E-state index in [1.54, 1.807) is 12.1 Å². The Hall–Kier alpha value is -1.35. The molecule has 0 atom stereocenters. The number of carboxylic acids is 1. The lowest BCUT2D eigenvalue weighted by Crippen LogP contribution is -2.06. The van der Waals surface area contributed by atoms with Crippen LogP contribution >= 0.6 is 0 Å². The Morgan fingerprint density at radius 3 is 2.73 bits per heavy atom. The molecule has 15 heavy (non-hydrogen) atoms. The van der Waals surface area contributed by atoms with Gasteiger partial charge < -0.3 is 9.84 Å². The van der Waals surface area contributed by atoms with Crippen LogP contribution in [0.4, 0.5) is 0 Å². The Labute approximate surface area is 89.7 Å². The molecule has 0 unspecified atom stereocenters. The van der Waals surface area contributed by atoms with Crippen molar-refractivity contribution in [3.8, 4) is 0 Å². The maximum absolute atomic E-state index is 10.9. The van der Waals surface area contributed by atoms with Gasteiger partial charge in [0.25, 0.3) is 0 Å². The van der Waals surface area contributed by atoms with E-state index < -0.39 is 5.97 Å². The highest BCUT2D eigenvalue weighted by atomic mass is 16.5. The normalized spacial score (nSPS) is 10.2. The van der Waals surface area contributed by atoms with Crippen LogP contribution in [-0.2, 0) is 11.2 Å². The molecule has 1 N–H and O–H groups in total. The number of aromatic carboxylic acids is 1. The van der Waals surface area contributed by atoms with Gasteiger partial charge in [-0.3, -0.25) is 0 Å². The predicted molar refractivity (Wildman–Crippen MR) is 58.2 cm³/mol. The smallest absolute Gasteiger partial charge is 0.335 e. The van der Waals surface area contributed by atoms with Crippen LogP contribution in [0.3, 0.4) is 0 Å². The standard InChI is InChI=1S/C12H16O3/c1-2-8-15-9-7-10-5-3-4-6-11(10)12(13)14/h3-6H,2,7-9H2,1H3,(H,13,14). The van der Waals surface area contributed by atoms with E-state index >= 15 is 0 Å². The maximum Gasteiger partial charge on any atom is 0.335 e. The summed E-state index contributed by atoms with van der Waals surface area (Å²) < 4.78 is 5.33. The van der Waals surface area contributed by atoms with Gasteiger partial charge in [0.05, 0.1) is 12.2 Å². The molecule has 0 saturated heterocycles. The van der Waals surface area contributed by atoms with E-state index in [0.717, 1.165) is 18.6 Å². The molecule has 0 bridgehead atoms. The Bertz CT molecular complexity index is 320. The van der Waals surface area contributed by atoms with Crippen LogP contribution in [0.2, 0.25) is 0 Å². The van der Waals surface area contributed by atoms with Crippen molar-refractivity contribution in [3.63, 3.8) is 0 Å². The Morgan fingerprint density at radius 1 is 1.33 bits per heavy atom. The predicted octanol–water partition coefficient (Wildman–Crippen LogP) is 2.35. The van der Waals surface area contributed by atoms with Crippen LogP contribution in [0.5, 0.6) is 0 Å². The first-order valence-electron chi connectivity index (χ1n) is 5.14. The summed E-state index contributed by atoms with van der Waals surface area (Å²) in [5.74, 6) is -0.874. The third-order valence-electron chi connectivity index (χ3n) is 2.11. The summed E-state index contributed by atoms with van der Waals surface area (Å²) in [5.41, 5.74) is 1.21. The third-order valence-corrected chi connectivity index (χ3v) is 2.11. The molecule has 0 radical (unpaired) electrons. The van der Waals surface area contributed by atoms with E-state index in [9.17, 15) is 4.79 Å². The van der Waals surface area contributed by atoms with Gasteiger partial charge in [-0.1, -0.05) is 25.1 Å². The summed E-state index contributed by atoms with van der Waals surface area (Å²) >= 11 is 0. The van der Waals surface area contributed by atoms with Crippen LogP contribution < -0.4 is 0 Å². The topological polar surface area (TPSA) is 46.5 Å². The minimum atomic E-state index is -0.874. The van der Waals surface area contributed by atoms with Gasteiger partial charge in [0.15, 0.2) is 0 Å². The lowest BCUT2D eigenvalue weighted by atomic mass is 10.1. The maximum atomic E-state index is 10.9. The largest absolute Gasteiger partial charge is 0.478 e. The van der Waals surface area contributed by atoms with E-state index in [2.05, 4.69) is 0 Å². The van der Waals surface area contributed by atoms with Crippen LogP contribution in [0, 0.1) is 0 Å². The molecule has 3 heteroatoms. The number of hydrogen-bond donors (Lipinski definition) is 1. The molecular weight excluding hydrogens is 192 g/mol. The Kier molecular flexibility index (Phi) is 4.84. The quantitative estimate of drug-likeness (QED) is 0.730. The van der Waals surface area contributed by atoms with Crippen LogP contribution in [0.15, 0.2) is 24.3 Å². The van der Waals surface area contributed by atoms with E-state index in [0.29, 0.717) is 18.6 Å². The zero-order valence-corrected chi connectivity index (χ0v) is 8.90. The molecule has 3 nitrogen and oxygen atoms in total. The number of carboxylic acid groups (broad SMARTS) is 1. The lowest BCUT2D eigenvalue weighted by Gasteiger charge is -2.05. The van der Waals surface area contributed by atoms with Crippen LogP contribution in [0.1, 0.15) is 29.3 Å². The molecule has 0 heterocycles. The molecule has 0 saturated carbocycles. The van der Waals surface area contributed by atoms with E-state index in [1.807, 2.05) is 19.1 Å². The number of benzene rings is 1. The molecule has 0 spiro atoms. The average molecular weight is 208 g/mol. The van der Waals surface area contributed by atoms with Crippen molar-refractivity contribution in [1.82, 2.24) is 0 Å². The van der Waals surface area contributed by atoms with Gasteiger partial charge in [0, 0.05) is 6.61 Å². The minimum absolute atomic E-state index is 0.373. The monoisotopic (exact) mass is 208 g/mol. The molecule has 0 aliphatic carbocycles. The summed E-state index contributed by atoms with van der Waals surface area (Å²) in [7, 11) is 0. The van der Waals surface area contributed by atoms with Crippen molar-refractivity contribution in [3.05, 3.63) is 35.4 Å². The van der Waals surface area contributed by atoms with Gasteiger partial charge in [-0.25, -0.2) is 4.79 Å². The van der Waals surface area contributed by atoms with E-state index in [4.69, 9.17) is 9.84 Å². The van der Waals surface area contributed by atoms with Crippen molar-refractivity contribution in [1.29, 1.82) is 0 Å². The molecule has 1 aromatic carbocycles. The van der Waals surface area contributed by atoms with Gasteiger partial charge in [0.1, 0.15) is 0 Å². The average Bonchev–Trinajstić information content (AvgIpc) is 2.25. The first-order valence-corrected chi connectivity index (χ1v) is 5.14. The summed E-state index contributed by atoms with van der Waals surface area (Å²) in [6.45, 7) is 3.36. The molecule has 0 aliphatic rings. The van der Waals surface area contributed by atoms with Gasteiger partial charge in [-0.05, 0) is 24.5 Å². The second-order valence-corrected chi connectivity index (χ2v) is 3.32. The summed E-state index contributed by atoms with van der Waals surface area (Å²) in [6.07, 6.45) is 1.64. The molecule has 0 amide bonds. The SMILES string of the molecule is CCCOCCc1ccccc1C(=O)O. The highest BCUT2D eigenvalue weighted by Gasteiger charge is 2.07. The highest BCUT2D eigenvalue weighted by molar-refractivity contribution is 5.89. The molecule has 1 rings (SSSR count). The van der Waals surface area contributed by atoms with E-state index in [-0.39, 0.29) is 0 Å². The minimum Gasteiger partial charge on any atom is -0.478 e. The molecule has 82 valence electrons. The second-order valence-electron chi connectivity index (χ2n) is 3.32. The molecule has 0 aliphatic heterocycles. The zero-order chi connectivity index (χ0) is 11.1. The highest BCUT2D eigenvalue weighted by Crippen LogP contribution is 2.09. The second kappa shape index (κ2) is 6.19. The fraction of sp³-hybridized carbons (Fsp3) is 0.417. The van der Waals surface area contributed by atoms with Crippen molar-refractivity contribution >= 4 is 5.97 Å².